The Morgan fingerprint density at radius 2 is 2.18 bits per heavy atom. The molecule has 0 fully saturated rings. The van der Waals surface area contributed by atoms with Crippen molar-refractivity contribution < 1.29 is 9.53 Å². The zero-order valence-electron chi connectivity index (χ0n) is 11.3. The van der Waals surface area contributed by atoms with E-state index in [0.717, 1.165) is 6.42 Å². The van der Waals surface area contributed by atoms with Crippen molar-refractivity contribution in [2.45, 2.75) is 33.6 Å². The van der Waals surface area contributed by atoms with Crippen molar-refractivity contribution in [1.82, 2.24) is 0 Å². The molecule has 0 heterocycles. The van der Waals surface area contributed by atoms with E-state index < -0.39 is 0 Å². The number of allylic oxidation sites excluding steroid dienone is 4. The second-order valence-electron chi connectivity index (χ2n) is 4.19. The van der Waals surface area contributed by atoms with Gasteiger partial charge in [-0.15, -0.1) is 0 Å². The fourth-order valence-electron chi connectivity index (χ4n) is 1.22. The number of ether oxygens (including phenoxy) is 1. The second-order valence-corrected chi connectivity index (χ2v) is 4.19. The van der Waals surface area contributed by atoms with Crippen LogP contribution in [0.1, 0.15) is 33.6 Å². The number of esters is 1. The van der Waals surface area contributed by atoms with Gasteiger partial charge in [0.2, 0.25) is 0 Å². The first-order valence-electron chi connectivity index (χ1n) is 5.93. The van der Waals surface area contributed by atoms with Crippen molar-refractivity contribution in [1.29, 1.82) is 0 Å². The van der Waals surface area contributed by atoms with E-state index in [1.807, 2.05) is 32.2 Å². The Hall–Kier alpha value is -1.38. The van der Waals surface area contributed by atoms with Gasteiger partial charge in [0.25, 0.3) is 0 Å². The Balaban J connectivity index is 3.90. The van der Waals surface area contributed by atoms with Crippen LogP contribution < -0.4 is 0 Å². The van der Waals surface area contributed by atoms with Crippen LogP contribution in [0.5, 0.6) is 0 Å². The van der Waals surface area contributed by atoms with Gasteiger partial charge in [0, 0.05) is 19.2 Å². The minimum atomic E-state index is -0.174. The van der Waals surface area contributed by atoms with Crippen LogP contribution in [0.25, 0.3) is 0 Å². The van der Waals surface area contributed by atoms with Crippen molar-refractivity contribution >= 4 is 12.2 Å². The zero-order chi connectivity index (χ0) is 13.1. The van der Waals surface area contributed by atoms with Gasteiger partial charge in [-0.05, 0) is 32.3 Å². The van der Waals surface area contributed by atoms with Gasteiger partial charge in [-0.3, -0.25) is 9.79 Å². The molecule has 0 aromatic heterocycles. The summed E-state index contributed by atoms with van der Waals surface area (Å²) in [5, 5.41) is 0. The number of methoxy groups -OCH3 is 1. The average Bonchev–Trinajstić information content (AvgIpc) is 2.31. The number of carbonyl (C=O) groups is 1. The summed E-state index contributed by atoms with van der Waals surface area (Å²) in [4.78, 5) is 15.3. The molecule has 0 aliphatic carbocycles. The van der Waals surface area contributed by atoms with Gasteiger partial charge in [0.15, 0.2) is 0 Å². The molecular formula is C14H23NO2. The third kappa shape index (κ3) is 9.54. The lowest BCUT2D eigenvalue weighted by Crippen LogP contribution is -2.09. The molecule has 0 saturated heterocycles. The summed E-state index contributed by atoms with van der Waals surface area (Å²) in [6.07, 6.45) is 9.35. The van der Waals surface area contributed by atoms with Crippen LogP contribution in [0.3, 0.4) is 0 Å². The third-order valence-electron chi connectivity index (χ3n) is 2.30. The summed E-state index contributed by atoms with van der Waals surface area (Å²) in [5.41, 5.74) is 1.27. The molecule has 0 aliphatic heterocycles. The molecule has 0 N–H and O–H groups in total. The van der Waals surface area contributed by atoms with Crippen LogP contribution in [0, 0.1) is 5.92 Å². The predicted octanol–water partition coefficient (Wildman–Crippen LogP) is 3.17. The van der Waals surface area contributed by atoms with Gasteiger partial charge < -0.3 is 4.74 Å². The van der Waals surface area contributed by atoms with E-state index in [4.69, 9.17) is 0 Å². The molecule has 1 unspecified atom stereocenters. The fraction of sp³-hybridized carbons (Fsp3) is 0.571. The molecule has 0 radical (unpaired) electrons. The summed E-state index contributed by atoms with van der Waals surface area (Å²) in [7, 11) is 1.41. The van der Waals surface area contributed by atoms with E-state index >= 15 is 0 Å². The number of nitrogens with zero attached hydrogens (tertiary/aromatic N) is 1. The van der Waals surface area contributed by atoms with Crippen molar-refractivity contribution in [2.75, 3.05) is 13.7 Å². The SMILES string of the molecule is CC=CC/C(C)=C\C=NCC(C)CC(=O)OC. The molecule has 0 amide bonds. The Morgan fingerprint density at radius 1 is 1.47 bits per heavy atom. The van der Waals surface area contributed by atoms with Crippen LogP contribution in [-0.4, -0.2) is 25.8 Å². The molecule has 0 aliphatic rings. The Kier molecular flexibility index (Phi) is 9.02. The molecule has 96 valence electrons. The molecule has 0 saturated carbocycles. The Morgan fingerprint density at radius 3 is 2.76 bits per heavy atom. The summed E-state index contributed by atoms with van der Waals surface area (Å²) in [6.45, 7) is 6.73. The number of rotatable bonds is 7. The summed E-state index contributed by atoms with van der Waals surface area (Å²) >= 11 is 0. The first-order valence-corrected chi connectivity index (χ1v) is 5.93. The van der Waals surface area contributed by atoms with Gasteiger partial charge in [-0.2, -0.15) is 0 Å². The standard InChI is InChI=1S/C14H23NO2/c1-5-6-7-12(2)8-9-15-11-13(3)10-14(16)17-4/h5-6,8-9,13H,7,10-11H2,1-4H3/b6-5?,12-8-,15-9?. The molecule has 0 spiro atoms. The van der Waals surface area contributed by atoms with Crippen LogP contribution >= 0.6 is 0 Å². The fourth-order valence-corrected chi connectivity index (χ4v) is 1.22. The lowest BCUT2D eigenvalue weighted by atomic mass is 10.1. The van der Waals surface area contributed by atoms with Gasteiger partial charge in [0.05, 0.1) is 7.11 Å². The zero-order valence-corrected chi connectivity index (χ0v) is 11.3. The van der Waals surface area contributed by atoms with Crippen LogP contribution in [0.2, 0.25) is 0 Å². The smallest absolute Gasteiger partial charge is 0.305 e. The number of aliphatic imine (C=N–C) groups is 1. The topological polar surface area (TPSA) is 38.7 Å². The minimum Gasteiger partial charge on any atom is -0.469 e. The van der Waals surface area contributed by atoms with Crippen molar-refractivity contribution in [3.63, 3.8) is 0 Å². The van der Waals surface area contributed by atoms with Crippen molar-refractivity contribution in [2.24, 2.45) is 10.9 Å². The maximum Gasteiger partial charge on any atom is 0.305 e. The number of carbonyl (C=O) groups excluding carboxylic acids is 1. The van der Waals surface area contributed by atoms with Crippen LogP contribution in [-0.2, 0) is 9.53 Å². The largest absolute Gasteiger partial charge is 0.469 e. The van der Waals surface area contributed by atoms with Crippen molar-refractivity contribution in [3.8, 4) is 0 Å². The van der Waals surface area contributed by atoms with Gasteiger partial charge in [-0.1, -0.05) is 24.6 Å². The quantitative estimate of drug-likeness (QED) is 0.387. The Labute approximate surface area is 104 Å². The summed E-state index contributed by atoms with van der Waals surface area (Å²) in [5.74, 6) is 0.0513. The lowest BCUT2D eigenvalue weighted by molar-refractivity contribution is -0.141. The van der Waals surface area contributed by atoms with Crippen LogP contribution in [0.4, 0.5) is 0 Å². The highest BCUT2D eigenvalue weighted by molar-refractivity contribution is 5.72. The van der Waals surface area contributed by atoms with E-state index in [0.29, 0.717) is 13.0 Å². The summed E-state index contributed by atoms with van der Waals surface area (Å²) < 4.78 is 4.60. The van der Waals surface area contributed by atoms with Gasteiger partial charge in [0.1, 0.15) is 0 Å². The molecule has 0 aromatic rings. The number of hydrogen-bond donors (Lipinski definition) is 0. The van der Waals surface area contributed by atoms with E-state index in [9.17, 15) is 4.79 Å². The number of hydrogen-bond acceptors (Lipinski definition) is 3. The maximum atomic E-state index is 11.0. The molecular weight excluding hydrogens is 214 g/mol. The van der Waals surface area contributed by atoms with Gasteiger partial charge in [-0.25, -0.2) is 0 Å². The molecule has 3 nitrogen and oxygen atoms in total. The predicted molar refractivity (Wildman–Crippen MR) is 72.3 cm³/mol. The highest BCUT2D eigenvalue weighted by atomic mass is 16.5. The molecule has 1 atom stereocenters. The lowest BCUT2D eigenvalue weighted by Gasteiger charge is -2.05. The Bertz CT molecular complexity index is 303. The molecule has 0 aromatic carbocycles. The highest BCUT2D eigenvalue weighted by Crippen LogP contribution is 2.03. The second kappa shape index (κ2) is 9.82. The molecule has 0 rings (SSSR count). The normalized spacial score (nSPS) is 14.5. The van der Waals surface area contributed by atoms with E-state index in [2.05, 4.69) is 22.7 Å². The first kappa shape index (κ1) is 15.6. The van der Waals surface area contributed by atoms with E-state index in [-0.39, 0.29) is 11.9 Å². The first-order chi connectivity index (χ1) is 8.10. The van der Waals surface area contributed by atoms with Crippen LogP contribution in [0.15, 0.2) is 28.8 Å². The molecule has 3 heteroatoms. The molecule has 0 bridgehead atoms. The monoisotopic (exact) mass is 237 g/mol. The van der Waals surface area contributed by atoms with E-state index in [1.165, 1.54) is 12.7 Å². The minimum absolute atomic E-state index is 0.174. The van der Waals surface area contributed by atoms with E-state index in [1.54, 1.807) is 0 Å². The third-order valence-corrected chi connectivity index (χ3v) is 2.30. The summed E-state index contributed by atoms with van der Waals surface area (Å²) in [6, 6.07) is 0. The highest BCUT2D eigenvalue weighted by Gasteiger charge is 2.07. The molecule has 17 heavy (non-hydrogen) atoms. The van der Waals surface area contributed by atoms with Gasteiger partial charge >= 0.3 is 5.97 Å². The maximum absolute atomic E-state index is 11.0. The average molecular weight is 237 g/mol. The van der Waals surface area contributed by atoms with Crippen molar-refractivity contribution in [3.05, 3.63) is 23.8 Å².